The van der Waals surface area contributed by atoms with E-state index in [-0.39, 0.29) is 6.54 Å². The molecule has 1 rings (SSSR count). The summed E-state index contributed by atoms with van der Waals surface area (Å²) in [5.74, 6) is -0.398. The van der Waals surface area contributed by atoms with Crippen LogP contribution in [0.4, 0.5) is 4.79 Å². The second kappa shape index (κ2) is 6.60. The number of aliphatic carboxylic acids is 1. The molecule has 0 radical (unpaired) electrons. The summed E-state index contributed by atoms with van der Waals surface area (Å²) >= 11 is 3.35. The third kappa shape index (κ3) is 4.41. The molecule has 6 nitrogen and oxygen atoms in total. The van der Waals surface area contributed by atoms with E-state index in [0.717, 1.165) is 10.0 Å². The molecule has 110 valence electrons. The zero-order chi connectivity index (χ0) is 15.3. The highest BCUT2D eigenvalue weighted by Crippen LogP contribution is 2.25. The van der Waals surface area contributed by atoms with Gasteiger partial charge in [-0.25, -0.2) is 9.59 Å². The van der Waals surface area contributed by atoms with Crippen LogP contribution in [0.2, 0.25) is 0 Å². The molecule has 0 saturated carbocycles. The molecule has 0 spiro atoms. The number of carbonyl (C=O) groups excluding carboxylic acids is 1. The predicted octanol–water partition coefficient (Wildman–Crippen LogP) is 2.12. The minimum absolute atomic E-state index is 0.282. The Labute approximate surface area is 125 Å². The van der Waals surface area contributed by atoms with Gasteiger partial charge in [-0.1, -0.05) is 6.07 Å². The zero-order valence-electron chi connectivity index (χ0n) is 11.5. The Morgan fingerprint density at radius 3 is 2.55 bits per heavy atom. The van der Waals surface area contributed by atoms with Crippen molar-refractivity contribution in [1.82, 2.24) is 10.6 Å². The van der Waals surface area contributed by atoms with Gasteiger partial charge in [0.05, 0.1) is 11.6 Å². The van der Waals surface area contributed by atoms with Gasteiger partial charge in [-0.05, 0) is 47.5 Å². The standard InChI is InChI=1S/C13H17BrN2O4/c1-13(2,11(17)18)16-12(19)15-7-8-4-5-10(20-3)9(14)6-8/h4-6H,7H2,1-3H3,(H,17,18)(H2,15,16,19). The number of halogens is 1. The smallest absolute Gasteiger partial charge is 0.328 e. The molecule has 0 saturated heterocycles. The molecular weight excluding hydrogens is 328 g/mol. The zero-order valence-corrected chi connectivity index (χ0v) is 13.1. The Bertz CT molecular complexity index is 517. The average molecular weight is 345 g/mol. The lowest BCUT2D eigenvalue weighted by molar-refractivity contribution is -0.142. The monoisotopic (exact) mass is 344 g/mol. The number of methoxy groups -OCH3 is 1. The molecule has 20 heavy (non-hydrogen) atoms. The van der Waals surface area contributed by atoms with Gasteiger partial charge in [0.1, 0.15) is 11.3 Å². The third-order valence-electron chi connectivity index (χ3n) is 2.63. The van der Waals surface area contributed by atoms with Gasteiger partial charge in [0.2, 0.25) is 0 Å². The van der Waals surface area contributed by atoms with E-state index in [9.17, 15) is 9.59 Å². The molecule has 0 unspecified atom stereocenters. The van der Waals surface area contributed by atoms with Gasteiger partial charge in [0.25, 0.3) is 0 Å². The van der Waals surface area contributed by atoms with E-state index in [4.69, 9.17) is 9.84 Å². The first-order valence-corrected chi connectivity index (χ1v) is 6.67. The van der Waals surface area contributed by atoms with Gasteiger partial charge >= 0.3 is 12.0 Å². The normalized spacial score (nSPS) is 10.8. The largest absolute Gasteiger partial charge is 0.496 e. The molecule has 2 amide bonds. The highest BCUT2D eigenvalue weighted by atomic mass is 79.9. The maximum Gasteiger partial charge on any atom is 0.328 e. The number of amides is 2. The van der Waals surface area contributed by atoms with E-state index in [0.29, 0.717) is 5.75 Å². The highest BCUT2D eigenvalue weighted by Gasteiger charge is 2.28. The Balaban J connectivity index is 2.57. The van der Waals surface area contributed by atoms with E-state index < -0.39 is 17.5 Å². The molecule has 0 bridgehead atoms. The maximum atomic E-state index is 11.6. The third-order valence-corrected chi connectivity index (χ3v) is 3.25. The first-order chi connectivity index (χ1) is 9.26. The molecule has 1 aromatic carbocycles. The van der Waals surface area contributed by atoms with Crippen LogP contribution in [0.3, 0.4) is 0 Å². The summed E-state index contributed by atoms with van der Waals surface area (Å²) in [7, 11) is 1.57. The summed E-state index contributed by atoms with van der Waals surface area (Å²) in [4.78, 5) is 22.5. The van der Waals surface area contributed by atoms with E-state index in [1.165, 1.54) is 13.8 Å². The van der Waals surface area contributed by atoms with Gasteiger partial charge in [-0.2, -0.15) is 0 Å². The summed E-state index contributed by atoms with van der Waals surface area (Å²) < 4.78 is 5.89. The van der Waals surface area contributed by atoms with Crippen molar-refractivity contribution in [3.8, 4) is 5.75 Å². The van der Waals surface area contributed by atoms with Crippen molar-refractivity contribution in [3.63, 3.8) is 0 Å². The van der Waals surface area contributed by atoms with Crippen LogP contribution in [-0.2, 0) is 11.3 Å². The van der Waals surface area contributed by atoms with Crippen molar-refractivity contribution < 1.29 is 19.4 Å². The molecule has 0 fully saturated rings. The van der Waals surface area contributed by atoms with Crippen LogP contribution in [0.15, 0.2) is 22.7 Å². The molecular formula is C13H17BrN2O4. The highest BCUT2D eigenvalue weighted by molar-refractivity contribution is 9.10. The fourth-order valence-corrected chi connectivity index (χ4v) is 1.97. The molecule has 0 aliphatic rings. The van der Waals surface area contributed by atoms with Crippen molar-refractivity contribution in [2.24, 2.45) is 0 Å². The van der Waals surface area contributed by atoms with Crippen molar-refractivity contribution >= 4 is 27.9 Å². The van der Waals surface area contributed by atoms with Crippen molar-refractivity contribution in [1.29, 1.82) is 0 Å². The summed E-state index contributed by atoms with van der Waals surface area (Å²) in [6.45, 7) is 3.11. The number of ether oxygens (including phenoxy) is 1. The number of carboxylic acids is 1. The van der Waals surface area contributed by atoms with Crippen LogP contribution < -0.4 is 15.4 Å². The van der Waals surface area contributed by atoms with Crippen molar-refractivity contribution in [3.05, 3.63) is 28.2 Å². The van der Waals surface area contributed by atoms with E-state index in [2.05, 4.69) is 26.6 Å². The lowest BCUT2D eigenvalue weighted by atomic mass is 10.1. The number of hydrogen-bond acceptors (Lipinski definition) is 3. The Morgan fingerprint density at radius 2 is 2.05 bits per heavy atom. The minimum atomic E-state index is -1.31. The van der Waals surface area contributed by atoms with Crippen molar-refractivity contribution in [2.45, 2.75) is 25.9 Å². The lowest BCUT2D eigenvalue weighted by Gasteiger charge is -2.21. The Morgan fingerprint density at radius 1 is 1.40 bits per heavy atom. The first-order valence-electron chi connectivity index (χ1n) is 5.88. The molecule has 3 N–H and O–H groups in total. The Hall–Kier alpha value is -1.76. The van der Waals surface area contributed by atoms with Crippen LogP contribution >= 0.6 is 15.9 Å². The topological polar surface area (TPSA) is 87.7 Å². The summed E-state index contributed by atoms with van der Waals surface area (Å²) in [5.41, 5.74) is -0.453. The number of carboxylic acid groups (broad SMARTS) is 1. The van der Waals surface area contributed by atoms with Gasteiger partial charge in [-0.15, -0.1) is 0 Å². The number of nitrogens with one attached hydrogen (secondary N) is 2. The molecule has 0 atom stereocenters. The molecule has 7 heteroatoms. The summed E-state index contributed by atoms with van der Waals surface area (Å²) in [5, 5.41) is 13.9. The molecule has 0 aliphatic carbocycles. The van der Waals surface area contributed by atoms with E-state index in [1.54, 1.807) is 13.2 Å². The van der Waals surface area contributed by atoms with E-state index >= 15 is 0 Å². The second-order valence-corrected chi connectivity index (χ2v) is 5.56. The van der Waals surface area contributed by atoms with Crippen LogP contribution in [0, 0.1) is 0 Å². The molecule has 0 heterocycles. The van der Waals surface area contributed by atoms with Gasteiger partial charge < -0.3 is 20.5 Å². The average Bonchev–Trinajstić information content (AvgIpc) is 2.35. The molecule has 0 aliphatic heterocycles. The van der Waals surface area contributed by atoms with Crippen molar-refractivity contribution in [2.75, 3.05) is 7.11 Å². The predicted molar refractivity (Wildman–Crippen MR) is 77.8 cm³/mol. The Kier molecular flexibility index (Phi) is 5.38. The van der Waals surface area contributed by atoms with Gasteiger partial charge in [0, 0.05) is 6.54 Å². The van der Waals surface area contributed by atoms with Gasteiger partial charge in [0.15, 0.2) is 0 Å². The summed E-state index contributed by atoms with van der Waals surface area (Å²) in [6.07, 6.45) is 0. The lowest BCUT2D eigenvalue weighted by Crippen LogP contribution is -2.52. The fourth-order valence-electron chi connectivity index (χ4n) is 1.38. The SMILES string of the molecule is COc1ccc(CNC(=O)NC(C)(C)C(=O)O)cc1Br. The first kappa shape index (κ1) is 16.3. The van der Waals surface area contributed by atoms with Crippen LogP contribution in [0.1, 0.15) is 19.4 Å². The van der Waals surface area contributed by atoms with E-state index in [1.807, 2.05) is 12.1 Å². The van der Waals surface area contributed by atoms with Crippen LogP contribution in [-0.4, -0.2) is 29.8 Å². The van der Waals surface area contributed by atoms with Crippen LogP contribution in [0.25, 0.3) is 0 Å². The maximum absolute atomic E-state index is 11.6. The number of urea groups is 1. The summed E-state index contributed by atoms with van der Waals surface area (Å²) in [6, 6.07) is 4.87. The minimum Gasteiger partial charge on any atom is -0.496 e. The number of hydrogen-bond donors (Lipinski definition) is 3. The number of benzene rings is 1. The second-order valence-electron chi connectivity index (χ2n) is 4.71. The molecule has 1 aromatic rings. The van der Waals surface area contributed by atoms with Crippen LogP contribution in [0.5, 0.6) is 5.75 Å². The fraction of sp³-hybridized carbons (Fsp3) is 0.385. The number of carbonyl (C=O) groups is 2. The number of rotatable bonds is 5. The van der Waals surface area contributed by atoms with Gasteiger partial charge in [-0.3, -0.25) is 0 Å². The quantitative estimate of drug-likeness (QED) is 0.763. The molecule has 0 aromatic heterocycles.